The van der Waals surface area contributed by atoms with Crippen LogP contribution >= 0.6 is 0 Å². The van der Waals surface area contributed by atoms with E-state index >= 15 is 0 Å². The Balaban J connectivity index is 4.63. The molecule has 0 saturated carbocycles. The van der Waals surface area contributed by atoms with Crippen LogP contribution in [0.15, 0.2) is 0 Å². The number of hydrogen-bond donors (Lipinski definition) is 2. The van der Waals surface area contributed by atoms with Crippen molar-refractivity contribution in [2.75, 3.05) is 34.3 Å². The summed E-state index contributed by atoms with van der Waals surface area (Å²) in [5.41, 5.74) is -2.79. The number of carboxylic acid groups (broad SMARTS) is 2. The zero-order chi connectivity index (χ0) is 15.3. The largest absolute Gasteiger partial charge is 0.840 e. The lowest BCUT2D eigenvalue weighted by atomic mass is 9.96. The van der Waals surface area contributed by atoms with Crippen molar-refractivity contribution < 1.29 is 38.9 Å². The van der Waals surface area contributed by atoms with E-state index in [1.165, 1.54) is 0 Å². The molecule has 0 aliphatic carbocycles. The van der Waals surface area contributed by atoms with Gasteiger partial charge in [-0.3, -0.25) is 14.4 Å². The molecule has 0 unspecified atom stereocenters. The van der Waals surface area contributed by atoms with Crippen LogP contribution in [0.25, 0.3) is 0 Å². The lowest BCUT2D eigenvalue weighted by Gasteiger charge is -2.35. The van der Waals surface area contributed by atoms with Crippen LogP contribution in [0.3, 0.4) is 0 Å². The third-order valence-electron chi connectivity index (χ3n) is 2.24. The van der Waals surface area contributed by atoms with E-state index < -0.39 is 36.4 Å². The minimum Gasteiger partial charge on any atom is -0.840 e. The van der Waals surface area contributed by atoms with Gasteiger partial charge < -0.3 is 24.5 Å². The van der Waals surface area contributed by atoms with Crippen molar-refractivity contribution in [1.82, 2.24) is 0 Å². The van der Waals surface area contributed by atoms with E-state index in [4.69, 9.17) is 14.9 Å². The minimum absolute atomic E-state index is 0.0778. The average Bonchev–Trinajstić information content (AvgIpc) is 2.12. The van der Waals surface area contributed by atoms with E-state index in [0.29, 0.717) is 11.0 Å². The first kappa shape index (κ1) is 17.3. The van der Waals surface area contributed by atoms with E-state index in [9.17, 15) is 19.5 Å². The van der Waals surface area contributed by atoms with Crippen LogP contribution in [0.5, 0.6) is 0 Å². The molecule has 8 nitrogen and oxygen atoms in total. The van der Waals surface area contributed by atoms with E-state index in [0.717, 1.165) is 0 Å². The standard InChI is InChI=1S/C11H19NO7/c1-12(2,3)4-5-19-10(17)11(18,6-8(13)14)7-9(15)16/h4-7H2,1-3H3,(H,13,14)(H,15,16). The normalized spacial score (nSPS) is 12.0. The summed E-state index contributed by atoms with van der Waals surface area (Å²) in [6.07, 6.45) is -2.25. The number of nitrogens with zero attached hydrogens (tertiary/aromatic N) is 1. The molecule has 0 amide bonds. The maximum atomic E-state index is 11.9. The van der Waals surface area contributed by atoms with Crippen molar-refractivity contribution in [3.63, 3.8) is 0 Å². The van der Waals surface area contributed by atoms with Gasteiger partial charge in [0.1, 0.15) is 13.2 Å². The number of ether oxygens (including phenoxy) is 1. The maximum Gasteiger partial charge on any atom is 0.303 e. The summed E-state index contributed by atoms with van der Waals surface area (Å²) in [6, 6.07) is 0. The fraction of sp³-hybridized carbons (Fsp3) is 0.727. The number of carboxylic acids is 2. The van der Waals surface area contributed by atoms with Gasteiger partial charge in [0.2, 0.25) is 0 Å². The van der Waals surface area contributed by atoms with Gasteiger partial charge in [-0.25, -0.2) is 0 Å². The lowest BCUT2D eigenvalue weighted by molar-refractivity contribution is -0.870. The van der Waals surface area contributed by atoms with Crippen LogP contribution in [0.2, 0.25) is 0 Å². The molecule has 0 aliphatic rings. The number of likely N-dealkylation sites (N-methyl/N-ethyl adjacent to an activating group) is 1. The highest BCUT2D eigenvalue weighted by atomic mass is 16.6. The number of hydrogen-bond acceptors (Lipinski definition) is 5. The van der Waals surface area contributed by atoms with Crippen LogP contribution in [-0.4, -0.2) is 72.5 Å². The van der Waals surface area contributed by atoms with E-state index in [1.807, 2.05) is 21.1 Å². The van der Waals surface area contributed by atoms with Gasteiger partial charge in [0.05, 0.1) is 21.1 Å². The van der Waals surface area contributed by atoms with Gasteiger partial charge in [-0.2, -0.15) is 0 Å². The Hall–Kier alpha value is -1.67. The molecule has 0 aromatic carbocycles. The quantitative estimate of drug-likeness (QED) is 0.399. The first-order valence-corrected chi connectivity index (χ1v) is 5.58. The van der Waals surface area contributed by atoms with Crippen LogP contribution in [0, 0.1) is 0 Å². The first-order valence-electron chi connectivity index (χ1n) is 5.58. The molecule has 19 heavy (non-hydrogen) atoms. The fourth-order valence-corrected chi connectivity index (χ4v) is 1.24. The smallest absolute Gasteiger partial charge is 0.303 e. The second-order valence-corrected chi connectivity index (χ2v) is 5.29. The van der Waals surface area contributed by atoms with Crippen LogP contribution in [-0.2, 0) is 19.1 Å². The molecule has 8 heteroatoms. The highest BCUT2D eigenvalue weighted by Gasteiger charge is 2.33. The molecular formula is C11H19NO7. The molecule has 2 N–H and O–H groups in total. The topological polar surface area (TPSA) is 124 Å². The number of carbonyl (C=O) groups excluding carboxylic acids is 1. The summed E-state index contributed by atoms with van der Waals surface area (Å²) in [6.45, 7) is 0.341. The maximum absolute atomic E-state index is 11.9. The van der Waals surface area contributed by atoms with Crippen molar-refractivity contribution in [3.05, 3.63) is 0 Å². The molecule has 0 atom stereocenters. The van der Waals surface area contributed by atoms with Crippen LogP contribution in [0.4, 0.5) is 0 Å². The number of aliphatic carboxylic acids is 2. The van der Waals surface area contributed by atoms with Crippen molar-refractivity contribution in [1.29, 1.82) is 0 Å². The highest BCUT2D eigenvalue weighted by Crippen LogP contribution is 2.14. The third kappa shape index (κ3) is 7.37. The Kier molecular flexibility index (Phi) is 5.91. The van der Waals surface area contributed by atoms with E-state index in [-0.39, 0.29) is 6.61 Å². The van der Waals surface area contributed by atoms with Crippen molar-refractivity contribution in [3.8, 4) is 0 Å². The molecule has 0 aromatic rings. The first-order chi connectivity index (χ1) is 8.46. The van der Waals surface area contributed by atoms with Gasteiger partial charge >= 0.3 is 11.9 Å². The average molecular weight is 277 g/mol. The van der Waals surface area contributed by atoms with Crippen molar-refractivity contribution in [2.24, 2.45) is 0 Å². The molecule has 0 aromatic heterocycles. The van der Waals surface area contributed by atoms with Gasteiger partial charge in [0.15, 0.2) is 0 Å². The molecule has 0 spiro atoms. The SMILES string of the molecule is C[N+](C)(C)CCOC(=O)C([O-])(CC(=O)O)CC(=O)O. The molecule has 0 bridgehead atoms. The molecular weight excluding hydrogens is 258 g/mol. The summed E-state index contributed by atoms with van der Waals surface area (Å²) >= 11 is 0. The molecule has 0 saturated heterocycles. The Morgan fingerprint density at radius 2 is 1.53 bits per heavy atom. The zero-order valence-corrected chi connectivity index (χ0v) is 11.2. The van der Waals surface area contributed by atoms with Crippen molar-refractivity contribution in [2.45, 2.75) is 18.4 Å². The second kappa shape index (κ2) is 6.48. The zero-order valence-electron chi connectivity index (χ0n) is 11.2. The van der Waals surface area contributed by atoms with E-state index in [2.05, 4.69) is 0 Å². The van der Waals surface area contributed by atoms with Crippen molar-refractivity contribution >= 4 is 17.9 Å². The summed E-state index contributed by atoms with van der Waals surface area (Å²) in [7, 11) is 5.52. The number of quaternary nitrogens is 1. The van der Waals surface area contributed by atoms with Gasteiger partial charge in [-0.1, -0.05) is 0 Å². The highest BCUT2D eigenvalue weighted by molar-refractivity contribution is 5.88. The Morgan fingerprint density at radius 3 is 1.84 bits per heavy atom. The van der Waals surface area contributed by atoms with Gasteiger partial charge in [-0.15, -0.1) is 0 Å². The molecule has 0 aliphatic heterocycles. The summed E-state index contributed by atoms with van der Waals surface area (Å²) in [5.74, 6) is -4.43. The minimum atomic E-state index is -2.79. The molecule has 0 fully saturated rings. The summed E-state index contributed by atoms with van der Waals surface area (Å²) in [4.78, 5) is 32.6. The third-order valence-corrected chi connectivity index (χ3v) is 2.24. The number of rotatable bonds is 8. The molecule has 0 heterocycles. The molecule has 0 rings (SSSR count). The second-order valence-electron chi connectivity index (χ2n) is 5.29. The predicted molar refractivity (Wildman–Crippen MR) is 61.1 cm³/mol. The van der Waals surface area contributed by atoms with Gasteiger partial charge in [0.25, 0.3) is 5.97 Å². The Bertz CT molecular complexity index is 343. The summed E-state index contributed by atoms with van der Waals surface area (Å²) in [5, 5.41) is 29.1. The number of esters is 1. The molecule has 0 radical (unpaired) electrons. The summed E-state index contributed by atoms with van der Waals surface area (Å²) < 4.78 is 5.17. The van der Waals surface area contributed by atoms with E-state index in [1.54, 1.807) is 0 Å². The Labute approximate surface area is 110 Å². The van der Waals surface area contributed by atoms with Gasteiger partial charge in [-0.05, 0) is 0 Å². The lowest BCUT2D eigenvalue weighted by Crippen LogP contribution is -2.55. The van der Waals surface area contributed by atoms with Crippen LogP contribution < -0.4 is 5.11 Å². The number of carbonyl (C=O) groups is 3. The molecule has 110 valence electrons. The monoisotopic (exact) mass is 277 g/mol. The predicted octanol–water partition coefficient (Wildman–Crippen LogP) is -1.72. The Morgan fingerprint density at radius 1 is 1.11 bits per heavy atom. The van der Waals surface area contributed by atoms with Gasteiger partial charge in [0, 0.05) is 18.4 Å². The fourth-order valence-electron chi connectivity index (χ4n) is 1.24. The van der Waals surface area contributed by atoms with Crippen LogP contribution in [0.1, 0.15) is 12.8 Å².